The Morgan fingerprint density at radius 1 is 0.935 bits per heavy atom. The Morgan fingerprint density at radius 3 is 2.13 bits per heavy atom. The Hall–Kier alpha value is -3.61. The lowest BCUT2D eigenvalue weighted by atomic mass is 10.0. The molecule has 7 nitrogen and oxygen atoms in total. The van der Waals surface area contributed by atoms with Crippen LogP contribution < -0.4 is 10.6 Å². The Kier molecular flexibility index (Phi) is 9.81. The summed E-state index contributed by atoms with van der Waals surface area (Å²) in [6.45, 7) is 3.68. The number of rotatable bonds is 12. The molecule has 0 saturated carbocycles. The van der Waals surface area contributed by atoms with Crippen LogP contribution >= 0.6 is 0 Å². The lowest BCUT2D eigenvalue weighted by Gasteiger charge is -2.21. The first-order valence-corrected chi connectivity index (χ1v) is 10.1. The first-order valence-electron chi connectivity index (χ1n) is 10.1. The van der Waals surface area contributed by atoms with Gasteiger partial charge in [-0.05, 0) is 30.4 Å². The maximum Gasteiger partial charge on any atom is 0.408 e. The van der Waals surface area contributed by atoms with Crippen molar-refractivity contribution in [3.63, 3.8) is 0 Å². The van der Waals surface area contributed by atoms with Crippen LogP contribution in [-0.2, 0) is 27.4 Å². The Labute approximate surface area is 182 Å². The molecule has 0 radical (unpaired) electrons. The van der Waals surface area contributed by atoms with Crippen LogP contribution in [0.4, 0.5) is 4.79 Å². The van der Waals surface area contributed by atoms with Crippen molar-refractivity contribution < 1.29 is 24.2 Å². The van der Waals surface area contributed by atoms with Gasteiger partial charge in [-0.2, -0.15) is 0 Å². The normalized spacial score (nSPS) is 12.3. The molecule has 0 spiro atoms. The van der Waals surface area contributed by atoms with E-state index in [9.17, 15) is 19.5 Å². The zero-order valence-corrected chi connectivity index (χ0v) is 17.3. The molecular weight excluding hydrogens is 396 g/mol. The van der Waals surface area contributed by atoms with Gasteiger partial charge in [0, 0.05) is 6.42 Å². The van der Waals surface area contributed by atoms with Crippen molar-refractivity contribution in [1.29, 1.82) is 0 Å². The minimum atomic E-state index is -1.12. The zero-order chi connectivity index (χ0) is 22.5. The van der Waals surface area contributed by atoms with E-state index in [0.717, 1.165) is 11.1 Å². The number of alkyl carbamates (subject to hydrolysis) is 1. The number of nitrogens with one attached hydrogen (secondary N) is 2. The van der Waals surface area contributed by atoms with E-state index in [1.165, 1.54) is 0 Å². The van der Waals surface area contributed by atoms with Gasteiger partial charge in [0.2, 0.25) is 5.91 Å². The molecule has 0 aromatic heterocycles. The maximum absolute atomic E-state index is 12.8. The lowest BCUT2D eigenvalue weighted by Crippen LogP contribution is -2.52. The summed E-state index contributed by atoms with van der Waals surface area (Å²) in [6, 6.07) is 16.3. The van der Waals surface area contributed by atoms with Gasteiger partial charge < -0.3 is 20.5 Å². The molecule has 7 heteroatoms. The number of carbonyl (C=O) groups is 3. The maximum atomic E-state index is 12.8. The minimum absolute atomic E-state index is 0.0612. The van der Waals surface area contributed by atoms with Crippen LogP contribution in [0.3, 0.4) is 0 Å². The third kappa shape index (κ3) is 8.74. The molecule has 0 saturated heterocycles. The van der Waals surface area contributed by atoms with E-state index in [0.29, 0.717) is 12.8 Å². The molecule has 2 rings (SSSR count). The van der Waals surface area contributed by atoms with Crippen molar-refractivity contribution in [3.8, 4) is 0 Å². The predicted molar refractivity (Wildman–Crippen MR) is 117 cm³/mol. The van der Waals surface area contributed by atoms with Crippen LogP contribution in [0.25, 0.3) is 0 Å². The highest BCUT2D eigenvalue weighted by molar-refractivity contribution is 5.89. The molecule has 164 valence electrons. The molecule has 0 aliphatic carbocycles. The van der Waals surface area contributed by atoms with Crippen LogP contribution in [0, 0.1) is 0 Å². The molecule has 0 fully saturated rings. The average molecular weight is 424 g/mol. The van der Waals surface area contributed by atoms with Gasteiger partial charge in [0.25, 0.3) is 0 Å². The monoisotopic (exact) mass is 424 g/mol. The molecule has 0 unspecified atom stereocenters. The second-order valence-electron chi connectivity index (χ2n) is 7.07. The number of allylic oxidation sites excluding steroid dienone is 1. The quantitative estimate of drug-likeness (QED) is 0.358. The average Bonchev–Trinajstić information content (AvgIpc) is 2.78. The molecular formula is C24H28N2O5. The van der Waals surface area contributed by atoms with E-state index in [2.05, 4.69) is 17.2 Å². The third-order valence-electron chi connectivity index (χ3n) is 4.62. The number of carbonyl (C=O) groups excluding carboxylic acids is 2. The van der Waals surface area contributed by atoms with Crippen LogP contribution in [0.15, 0.2) is 73.3 Å². The van der Waals surface area contributed by atoms with Crippen LogP contribution in [0.5, 0.6) is 0 Å². The molecule has 2 aromatic carbocycles. The Bertz CT molecular complexity index is 855. The summed E-state index contributed by atoms with van der Waals surface area (Å²) in [7, 11) is 0. The van der Waals surface area contributed by atoms with E-state index >= 15 is 0 Å². The number of carboxylic acids is 1. The van der Waals surface area contributed by atoms with Crippen LogP contribution in [0.1, 0.15) is 30.4 Å². The molecule has 0 bridgehead atoms. The second-order valence-corrected chi connectivity index (χ2v) is 7.07. The second kappa shape index (κ2) is 12.8. The minimum Gasteiger partial charge on any atom is -0.480 e. The predicted octanol–water partition coefficient (Wildman–Crippen LogP) is 3.45. The summed E-state index contributed by atoms with van der Waals surface area (Å²) in [6.07, 6.45) is 2.64. The number of aliphatic carboxylic acids is 1. The Morgan fingerprint density at radius 2 is 1.55 bits per heavy atom. The Balaban J connectivity index is 2.03. The first-order chi connectivity index (χ1) is 15.0. The molecule has 0 aliphatic heterocycles. The number of hydrogen-bond donors (Lipinski definition) is 3. The SMILES string of the molecule is C=CCCC[C@@H](NC(=O)[C@H](Cc1ccccc1)NC(=O)OCc1ccccc1)C(=O)O. The van der Waals surface area contributed by atoms with E-state index in [4.69, 9.17) is 4.74 Å². The van der Waals surface area contributed by atoms with Gasteiger partial charge in [-0.1, -0.05) is 66.7 Å². The van der Waals surface area contributed by atoms with Crippen molar-refractivity contribution in [3.05, 3.63) is 84.4 Å². The van der Waals surface area contributed by atoms with Gasteiger partial charge in [0.05, 0.1) is 0 Å². The van der Waals surface area contributed by atoms with Crippen LogP contribution in [-0.4, -0.2) is 35.2 Å². The van der Waals surface area contributed by atoms with Crippen LogP contribution in [0.2, 0.25) is 0 Å². The fraction of sp³-hybridized carbons (Fsp3) is 0.292. The highest BCUT2D eigenvalue weighted by atomic mass is 16.5. The lowest BCUT2D eigenvalue weighted by molar-refractivity contribution is -0.142. The van der Waals surface area contributed by atoms with Gasteiger partial charge >= 0.3 is 12.1 Å². The van der Waals surface area contributed by atoms with Crippen molar-refractivity contribution in [2.24, 2.45) is 0 Å². The summed E-state index contributed by atoms with van der Waals surface area (Å²) in [5.74, 6) is -1.70. The number of carboxylic acid groups (broad SMARTS) is 1. The summed E-state index contributed by atoms with van der Waals surface area (Å²) >= 11 is 0. The summed E-state index contributed by atoms with van der Waals surface area (Å²) in [5.41, 5.74) is 1.64. The smallest absolute Gasteiger partial charge is 0.408 e. The van der Waals surface area contributed by atoms with Crippen molar-refractivity contribution >= 4 is 18.0 Å². The summed E-state index contributed by atoms with van der Waals surface area (Å²) in [4.78, 5) is 36.7. The highest BCUT2D eigenvalue weighted by Gasteiger charge is 2.27. The molecule has 0 heterocycles. The van der Waals surface area contributed by atoms with Gasteiger partial charge in [0.15, 0.2) is 0 Å². The molecule has 2 amide bonds. The van der Waals surface area contributed by atoms with Gasteiger partial charge in [-0.3, -0.25) is 4.79 Å². The zero-order valence-electron chi connectivity index (χ0n) is 17.3. The van der Waals surface area contributed by atoms with E-state index < -0.39 is 30.1 Å². The fourth-order valence-electron chi connectivity index (χ4n) is 2.96. The topological polar surface area (TPSA) is 105 Å². The molecule has 0 aliphatic rings. The summed E-state index contributed by atoms with van der Waals surface area (Å²) < 4.78 is 5.22. The number of unbranched alkanes of at least 4 members (excludes halogenated alkanes) is 1. The van der Waals surface area contributed by atoms with E-state index in [1.807, 2.05) is 60.7 Å². The van der Waals surface area contributed by atoms with E-state index in [1.54, 1.807) is 6.08 Å². The third-order valence-corrected chi connectivity index (χ3v) is 4.62. The fourth-order valence-corrected chi connectivity index (χ4v) is 2.96. The van der Waals surface area contributed by atoms with Crippen molar-refractivity contribution in [2.75, 3.05) is 0 Å². The standard InChI is InChI=1S/C24H28N2O5/c1-2-3-6-15-20(23(28)29)25-22(27)21(16-18-11-7-4-8-12-18)26-24(30)31-17-19-13-9-5-10-14-19/h2,4-5,7-14,20-21H,1,3,6,15-17H2,(H,25,27)(H,26,30)(H,28,29)/t20-,21+/m1/s1. The molecule has 3 N–H and O–H groups in total. The van der Waals surface area contributed by atoms with Gasteiger partial charge in [0.1, 0.15) is 18.7 Å². The van der Waals surface area contributed by atoms with Crippen molar-refractivity contribution in [2.45, 2.75) is 44.4 Å². The number of ether oxygens (including phenoxy) is 1. The van der Waals surface area contributed by atoms with E-state index in [-0.39, 0.29) is 19.4 Å². The summed E-state index contributed by atoms with van der Waals surface area (Å²) in [5, 5.41) is 14.5. The number of benzene rings is 2. The van der Waals surface area contributed by atoms with Gasteiger partial charge in [-0.25, -0.2) is 9.59 Å². The highest BCUT2D eigenvalue weighted by Crippen LogP contribution is 2.07. The molecule has 2 atom stereocenters. The first kappa shape index (κ1) is 23.7. The number of hydrogen-bond acceptors (Lipinski definition) is 4. The molecule has 2 aromatic rings. The van der Waals surface area contributed by atoms with Crippen molar-refractivity contribution in [1.82, 2.24) is 10.6 Å². The number of amides is 2. The molecule has 31 heavy (non-hydrogen) atoms. The largest absolute Gasteiger partial charge is 0.480 e. The van der Waals surface area contributed by atoms with Gasteiger partial charge in [-0.15, -0.1) is 6.58 Å².